The first-order chi connectivity index (χ1) is 23.6. The Morgan fingerprint density at radius 1 is 0.521 bits per heavy atom. The maximum Gasteiger partial charge on any atom is 0.183 e. The average Bonchev–Trinajstić information content (AvgIpc) is 3.08. The first kappa shape index (κ1) is 41.4. The summed E-state index contributed by atoms with van der Waals surface area (Å²) < 4.78 is 39.0. The second-order valence-electron chi connectivity index (χ2n) is 12.1. The van der Waals surface area contributed by atoms with Gasteiger partial charge in [0.05, 0.1) is 39.6 Å². The summed E-state index contributed by atoms with van der Waals surface area (Å²) in [7, 11) is 4.89. The number of rotatable bonds is 29. The molecule has 0 saturated heterocycles. The first-order valence-corrected chi connectivity index (χ1v) is 18.1. The summed E-state index contributed by atoms with van der Waals surface area (Å²) in [6.07, 6.45) is 18.1. The minimum Gasteiger partial charge on any atom is -0.494 e. The Morgan fingerprint density at radius 2 is 1.00 bits per heavy atom. The minimum absolute atomic E-state index is 0.395. The van der Waals surface area contributed by atoms with Crippen LogP contribution in [0.5, 0.6) is 11.5 Å². The number of hydrogen-bond acceptors (Lipinski definition) is 8. The van der Waals surface area contributed by atoms with Crippen LogP contribution in [0.2, 0.25) is 0 Å². The molecule has 0 aromatic heterocycles. The number of benzene rings is 2. The lowest BCUT2D eigenvalue weighted by molar-refractivity contribution is -0.106. The van der Waals surface area contributed by atoms with Crippen molar-refractivity contribution in [3.63, 3.8) is 0 Å². The molecule has 0 aliphatic carbocycles. The average molecular weight is 670 g/mol. The highest BCUT2D eigenvalue weighted by Gasteiger charge is 2.12. The second-order valence-corrected chi connectivity index (χ2v) is 12.1. The van der Waals surface area contributed by atoms with Gasteiger partial charge < -0.3 is 38.9 Å². The summed E-state index contributed by atoms with van der Waals surface area (Å²) in [5, 5.41) is 0. The van der Waals surface area contributed by atoms with Crippen LogP contribution in [-0.4, -0.2) is 67.6 Å². The highest BCUT2D eigenvalue weighted by atomic mass is 16.7. The lowest BCUT2D eigenvalue weighted by Gasteiger charge is -2.16. The third-order valence-electron chi connectivity index (χ3n) is 7.98. The van der Waals surface area contributed by atoms with Gasteiger partial charge in [-0.15, -0.1) is 0 Å². The molecule has 0 saturated carbocycles. The van der Waals surface area contributed by atoms with E-state index in [-0.39, 0.29) is 0 Å². The van der Waals surface area contributed by atoms with E-state index in [4.69, 9.17) is 38.9 Å². The standard InChI is InChI=1S/C40H63NO7/c1-5-6-7-8-9-10-11-12-13-14-15-16-17-18-21-47-38-30-34(28-36(32-38)40(43-3)44-4)19-20-35-29-37(41)33-39(31-35)48-27-26-46-25-24-45-23-22-42-2/h28-33,40H,5-18,21-27,41H2,1-4H3. The number of methoxy groups -OCH3 is 3. The van der Waals surface area contributed by atoms with Crippen molar-refractivity contribution in [3.8, 4) is 23.3 Å². The van der Waals surface area contributed by atoms with E-state index in [1.165, 1.54) is 83.5 Å². The molecule has 8 nitrogen and oxygen atoms in total. The van der Waals surface area contributed by atoms with Crippen molar-refractivity contribution in [2.75, 3.05) is 73.3 Å². The molecule has 0 radical (unpaired) electrons. The van der Waals surface area contributed by atoms with E-state index in [2.05, 4.69) is 18.8 Å². The summed E-state index contributed by atoms with van der Waals surface area (Å²) >= 11 is 0. The molecule has 2 N–H and O–H groups in total. The van der Waals surface area contributed by atoms with Gasteiger partial charge >= 0.3 is 0 Å². The molecule has 0 aliphatic heterocycles. The van der Waals surface area contributed by atoms with E-state index >= 15 is 0 Å². The van der Waals surface area contributed by atoms with Gasteiger partial charge in [-0.25, -0.2) is 0 Å². The van der Waals surface area contributed by atoms with Crippen LogP contribution in [0.4, 0.5) is 5.69 Å². The molecule has 0 bridgehead atoms. The lowest BCUT2D eigenvalue weighted by atomic mass is 10.0. The molecule has 0 heterocycles. The van der Waals surface area contributed by atoms with E-state index < -0.39 is 6.29 Å². The Bertz CT molecular complexity index is 1140. The van der Waals surface area contributed by atoms with Crippen molar-refractivity contribution >= 4 is 5.69 Å². The zero-order valence-electron chi connectivity index (χ0n) is 30.3. The topological polar surface area (TPSA) is 90.6 Å². The molecule has 2 rings (SSSR count). The van der Waals surface area contributed by atoms with Gasteiger partial charge in [-0.1, -0.05) is 102 Å². The number of hydrogen-bond donors (Lipinski definition) is 1. The molecule has 2 aromatic rings. The van der Waals surface area contributed by atoms with Crippen molar-refractivity contribution < 1.29 is 33.2 Å². The van der Waals surface area contributed by atoms with Crippen molar-refractivity contribution in [2.24, 2.45) is 0 Å². The number of ether oxygens (including phenoxy) is 7. The third kappa shape index (κ3) is 19.9. The van der Waals surface area contributed by atoms with E-state index in [0.29, 0.717) is 57.7 Å². The molecule has 270 valence electrons. The monoisotopic (exact) mass is 669 g/mol. The highest BCUT2D eigenvalue weighted by Crippen LogP contribution is 2.25. The van der Waals surface area contributed by atoms with E-state index in [9.17, 15) is 0 Å². The zero-order valence-corrected chi connectivity index (χ0v) is 30.3. The Balaban J connectivity index is 1.80. The van der Waals surface area contributed by atoms with Crippen molar-refractivity contribution in [1.29, 1.82) is 0 Å². The Hall–Kier alpha value is -2.80. The SMILES string of the molecule is CCCCCCCCCCCCCCCCOc1cc(C#Cc2cc(N)cc(OCCOCCOCCOC)c2)cc(C(OC)OC)c1. The van der Waals surface area contributed by atoms with Gasteiger partial charge in [-0.2, -0.15) is 0 Å². The molecular weight excluding hydrogens is 606 g/mol. The lowest BCUT2D eigenvalue weighted by Crippen LogP contribution is -2.12. The first-order valence-electron chi connectivity index (χ1n) is 18.1. The van der Waals surface area contributed by atoms with Crippen molar-refractivity contribution in [2.45, 2.75) is 103 Å². The molecule has 2 aromatic carbocycles. The Kier molecular flexibility index (Phi) is 24.2. The van der Waals surface area contributed by atoms with Gasteiger partial charge in [0.1, 0.15) is 18.1 Å². The maximum atomic E-state index is 6.18. The molecule has 0 aliphatic rings. The molecule has 0 fully saturated rings. The fourth-order valence-corrected chi connectivity index (χ4v) is 5.37. The normalized spacial score (nSPS) is 11.1. The molecule has 8 heteroatoms. The van der Waals surface area contributed by atoms with Crippen LogP contribution in [0.1, 0.15) is 120 Å². The van der Waals surface area contributed by atoms with Crippen LogP contribution in [0.25, 0.3) is 0 Å². The van der Waals surface area contributed by atoms with Gasteiger partial charge in [0, 0.05) is 49.8 Å². The molecule has 48 heavy (non-hydrogen) atoms. The van der Waals surface area contributed by atoms with Gasteiger partial charge in [0.25, 0.3) is 0 Å². The fourth-order valence-electron chi connectivity index (χ4n) is 5.37. The second kappa shape index (κ2) is 28.1. The fraction of sp³-hybridized carbons (Fsp3) is 0.650. The summed E-state index contributed by atoms with van der Waals surface area (Å²) in [4.78, 5) is 0. The third-order valence-corrected chi connectivity index (χ3v) is 7.98. The molecular formula is C40H63NO7. The Labute approximate surface area is 291 Å². The predicted octanol–water partition coefficient (Wildman–Crippen LogP) is 8.88. The van der Waals surface area contributed by atoms with Crippen molar-refractivity contribution in [1.82, 2.24) is 0 Å². The van der Waals surface area contributed by atoms with E-state index in [1.807, 2.05) is 30.3 Å². The maximum absolute atomic E-state index is 6.18. The van der Waals surface area contributed by atoms with Crippen LogP contribution in [0.3, 0.4) is 0 Å². The molecule has 0 unspecified atom stereocenters. The largest absolute Gasteiger partial charge is 0.494 e. The number of unbranched alkanes of at least 4 members (excludes halogenated alkanes) is 13. The summed E-state index contributed by atoms with van der Waals surface area (Å²) in [6, 6.07) is 11.4. The van der Waals surface area contributed by atoms with E-state index in [1.54, 1.807) is 27.4 Å². The van der Waals surface area contributed by atoms with Crippen LogP contribution < -0.4 is 15.2 Å². The van der Waals surface area contributed by atoms with Crippen LogP contribution in [0, 0.1) is 11.8 Å². The van der Waals surface area contributed by atoms with Crippen LogP contribution in [-0.2, 0) is 23.7 Å². The van der Waals surface area contributed by atoms with Gasteiger partial charge in [0.15, 0.2) is 6.29 Å². The number of nitrogen functional groups attached to an aromatic ring is 1. The summed E-state index contributed by atoms with van der Waals surface area (Å²) in [6.45, 7) is 5.93. The van der Waals surface area contributed by atoms with Crippen LogP contribution in [0.15, 0.2) is 36.4 Å². The zero-order chi connectivity index (χ0) is 34.5. The van der Waals surface area contributed by atoms with Gasteiger partial charge in [-0.3, -0.25) is 0 Å². The molecule has 0 amide bonds. The van der Waals surface area contributed by atoms with Crippen LogP contribution >= 0.6 is 0 Å². The summed E-state index contributed by atoms with van der Waals surface area (Å²) in [5.41, 5.74) is 9.13. The van der Waals surface area contributed by atoms with Crippen molar-refractivity contribution in [3.05, 3.63) is 53.1 Å². The quantitative estimate of drug-likeness (QED) is 0.0398. The predicted molar refractivity (Wildman–Crippen MR) is 195 cm³/mol. The molecule has 0 atom stereocenters. The molecule has 0 spiro atoms. The number of anilines is 1. The minimum atomic E-state index is -0.512. The highest BCUT2D eigenvalue weighted by molar-refractivity contribution is 5.55. The Morgan fingerprint density at radius 3 is 1.56 bits per heavy atom. The smallest absolute Gasteiger partial charge is 0.183 e. The number of nitrogens with two attached hydrogens (primary N) is 1. The van der Waals surface area contributed by atoms with E-state index in [0.717, 1.165) is 28.9 Å². The van der Waals surface area contributed by atoms with Gasteiger partial charge in [-0.05, 0) is 36.8 Å². The summed E-state index contributed by atoms with van der Waals surface area (Å²) in [5.74, 6) is 7.88. The van der Waals surface area contributed by atoms with Gasteiger partial charge in [0.2, 0.25) is 0 Å².